The molecule has 9 heteroatoms. The molecule has 2 aromatic rings. The third-order valence-electron chi connectivity index (χ3n) is 2.50. The van der Waals surface area contributed by atoms with Crippen molar-refractivity contribution in [1.29, 1.82) is 0 Å². The van der Waals surface area contributed by atoms with Crippen molar-refractivity contribution in [2.24, 2.45) is 0 Å². The van der Waals surface area contributed by atoms with Crippen LogP contribution in [0, 0.1) is 5.82 Å². The maximum atomic E-state index is 13.5. The molecule has 7 nitrogen and oxygen atoms in total. The second-order valence-electron chi connectivity index (χ2n) is 4.08. The van der Waals surface area contributed by atoms with E-state index in [1.807, 2.05) is 0 Å². The summed E-state index contributed by atoms with van der Waals surface area (Å²) in [5.74, 6) is -2.48. The standard InChI is InChI=1S/C12H10ClFN4O3/c13-8-2-1-3-9(14)11(8)12(21)15-4-7-5-18(17-16-7)6-10(19)20/h1-3,5H,4,6H2,(H,15,21)(H,19,20). The van der Waals surface area contributed by atoms with Gasteiger partial charge in [-0.25, -0.2) is 9.07 Å². The molecule has 0 aliphatic heterocycles. The summed E-state index contributed by atoms with van der Waals surface area (Å²) in [6.45, 7) is -0.358. The van der Waals surface area contributed by atoms with Crippen LogP contribution >= 0.6 is 11.6 Å². The number of aromatic nitrogens is 3. The monoisotopic (exact) mass is 312 g/mol. The molecule has 0 atom stereocenters. The number of amides is 1. The first kappa shape index (κ1) is 14.9. The van der Waals surface area contributed by atoms with Gasteiger partial charge < -0.3 is 10.4 Å². The van der Waals surface area contributed by atoms with Crippen LogP contribution in [-0.4, -0.2) is 32.0 Å². The highest BCUT2D eigenvalue weighted by Gasteiger charge is 2.15. The minimum Gasteiger partial charge on any atom is -0.480 e. The molecule has 1 aromatic heterocycles. The SMILES string of the molecule is O=C(O)Cn1cc(CNC(=O)c2c(F)cccc2Cl)nn1. The molecular weight excluding hydrogens is 303 g/mol. The molecule has 1 amide bonds. The van der Waals surface area contributed by atoms with Gasteiger partial charge in [0.15, 0.2) is 0 Å². The number of benzene rings is 1. The van der Waals surface area contributed by atoms with Crippen LogP contribution in [0.5, 0.6) is 0 Å². The Kier molecular flexibility index (Phi) is 4.49. The number of nitrogens with zero attached hydrogens (tertiary/aromatic N) is 3. The summed E-state index contributed by atoms with van der Waals surface area (Å²) in [5, 5.41) is 18.3. The van der Waals surface area contributed by atoms with Crippen LogP contribution in [-0.2, 0) is 17.9 Å². The van der Waals surface area contributed by atoms with Crippen LogP contribution in [0.25, 0.3) is 0 Å². The first-order valence-electron chi connectivity index (χ1n) is 5.80. The zero-order valence-electron chi connectivity index (χ0n) is 10.6. The lowest BCUT2D eigenvalue weighted by molar-refractivity contribution is -0.137. The van der Waals surface area contributed by atoms with Gasteiger partial charge in [-0.2, -0.15) is 0 Å². The predicted molar refractivity (Wildman–Crippen MR) is 70.2 cm³/mol. The van der Waals surface area contributed by atoms with E-state index in [2.05, 4.69) is 15.6 Å². The topological polar surface area (TPSA) is 97.1 Å². The zero-order valence-corrected chi connectivity index (χ0v) is 11.3. The number of aliphatic carboxylic acids is 1. The summed E-state index contributed by atoms with van der Waals surface area (Å²) >= 11 is 5.77. The van der Waals surface area contributed by atoms with Gasteiger partial charge in [0.2, 0.25) is 0 Å². The molecule has 2 rings (SSSR count). The summed E-state index contributed by atoms with van der Waals surface area (Å²) < 4.78 is 14.6. The van der Waals surface area contributed by atoms with Gasteiger partial charge in [-0.05, 0) is 12.1 Å². The van der Waals surface area contributed by atoms with Crippen LogP contribution in [0.1, 0.15) is 16.1 Å². The van der Waals surface area contributed by atoms with E-state index in [0.717, 1.165) is 10.7 Å². The lowest BCUT2D eigenvalue weighted by Crippen LogP contribution is -2.24. The molecule has 0 unspecified atom stereocenters. The molecule has 1 heterocycles. The third-order valence-corrected chi connectivity index (χ3v) is 2.82. The Morgan fingerprint density at radius 1 is 1.43 bits per heavy atom. The van der Waals surface area contributed by atoms with Gasteiger partial charge in [0, 0.05) is 0 Å². The first-order valence-corrected chi connectivity index (χ1v) is 6.18. The minimum absolute atomic E-state index is 0.00188. The Bertz CT molecular complexity index is 669. The molecule has 0 radical (unpaired) electrons. The van der Waals surface area contributed by atoms with Gasteiger partial charge in [-0.3, -0.25) is 9.59 Å². The van der Waals surface area contributed by atoms with Gasteiger partial charge in [0.05, 0.1) is 23.3 Å². The number of carbonyl (C=O) groups is 2. The molecule has 0 aliphatic carbocycles. The van der Waals surface area contributed by atoms with Gasteiger partial charge in [0.1, 0.15) is 18.1 Å². The Morgan fingerprint density at radius 2 is 2.19 bits per heavy atom. The van der Waals surface area contributed by atoms with Crippen LogP contribution in [0.3, 0.4) is 0 Å². The Balaban J connectivity index is 2.01. The van der Waals surface area contributed by atoms with E-state index >= 15 is 0 Å². The lowest BCUT2D eigenvalue weighted by Gasteiger charge is -2.05. The van der Waals surface area contributed by atoms with Crippen molar-refractivity contribution in [3.63, 3.8) is 0 Å². The molecule has 0 fully saturated rings. The highest BCUT2D eigenvalue weighted by Crippen LogP contribution is 2.18. The smallest absolute Gasteiger partial charge is 0.325 e. The Morgan fingerprint density at radius 3 is 2.86 bits per heavy atom. The average molecular weight is 313 g/mol. The van der Waals surface area contributed by atoms with E-state index in [0.29, 0.717) is 5.69 Å². The molecule has 2 N–H and O–H groups in total. The van der Waals surface area contributed by atoms with E-state index in [1.54, 1.807) is 0 Å². The van der Waals surface area contributed by atoms with Crippen molar-refractivity contribution in [3.8, 4) is 0 Å². The Hall–Kier alpha value is -2.48. The van der Waals surface area contributed by atoms with E-state index in [-0.39, 0.29) is 23.7 Å². The molecular formula is C12H10ClFN4O3. The van der Waals surface area contributed by atoms with Gasteiger partial charge in [0.25, 0.3) is 5.91 Å². The van der Waals surface area contributed by atoms with Crippen molar-refractivity contribution >= 4 is 23.5 Å². The van der Waals surface area contributed by atoms with E-state index < -0.39 is 17.7 Å². The maximum absolute atomic E-state index is 13.5. The fourth-order valence-electron chi connectivity index (χ4n) is 1.61. The molecule has 0 bridgehead atoms. The fourth-order valence-corrected chi connectivity index (χ4v) is 1.86. The average Bonchev–Trinajstić information content (AvgIpc) is 2.83. The number of carboxylic acid groups (broad SMARTS) is 1. The van der Waals surface area contributed by atoms with Crippen LogP contribution in [0.2, 0.25) is 5.02 Å². The van der Waals surface area contributed by atoms with Crippen molar-refractivity contribution in [1.82, 2.24) is 20.3 Å². The second kappa shape index (κ2) is 6.31. The second-order valence-corrected chi connectivity index (χ2v) is 4.49. The fraction of sp³-hybridized carbons (Fsp3) is 0.167. The quantitative estimate of drug-likeness (QED) is 0.861. The molecule has 0 saturated carbocycles. The third kappa shape index (κ3) is 3.76. The van der Waals surface area contributed by atoms with E-state index in [9.17, 15) is 14.0 Å². The number of nitrogens with one attached hydrogen (secondary N) is 1. The van der Waals surface area contributed by atoms with Crippen molar-refractivity contribution < 1.29 is 19.1 Å². The highest BCUT2D eigenvalue weighted by atomic mass is 35.5. The number of halogens is 2. The van der Waals surface area contributed by atoms with E-state index in [1.165, 1.54) is 18.3 Å². The zero-order chi connectivity index (χ0) is 15.4. The number of rotatable bonds is 5. The van der Waals surface area contributed by atoms with Gasteiger partial charge in [-0.15, -0.1) is 5.10 Å². The minimum atomic E-state index is -1.06. The highest BCUT2D eigenvalue weighted by molar-refractivity contribution is 6.33. The molecule has 0 saturated heterocycles. The maximum Gasteiger partial charge on any atom is 0.325 e. The van der Waals surface area contributed by atoms with Gasteiger partial charge in [-0.1, -0.05) is 22.9 Å². The predicted octanol–water partition coefficient (Wildman–Crippen LogP) is 1.09. The number of carboxylic acids is 1. The van der Waals surface area contributed by atoms with Crippen molar-refractivity contribution in [2.75, 3.05) is 0 Å². The summed E-state index contributed by atoms with van der Waals surface area (Å²) in [4.78, 5) is 22.3. The van der Waals surface area contributed by atoms with E-state index in [4.69, 9.17) is 16.7 Å². The molecule has 0 spiro atoms. The molecule has 110 valence electrons. The number of carbonyl (C=O) groups excluding carboxylic acids is 1. The van der Waals surface area contributed by atoms with Crippen LogP contribution in [0.15, 0.2) is 24.4 Å². The molecule has 0 aliphatic rings. The summed E-state index contributed by atoms with van der Waals surface area (Å²) in [6, 6.07) is 3.93. The van der Waals surface area contributed by atoms with Crippen molar-refractivity contribution in [2.45, 2.75) is 13.1 Å². The van der Waals surface area contributed by atoms with Crippen LogP contribution in [0.4, 0.5) is 4.39 Å². The molecule has 1 aromatic carbocycles. The summed E-state index contributed by atoms with van der Waals surface area (Å²) in [7, 11) is 0. The van der Waals surface area contributed by atoms with Gasteiger partial charge >= 0.3 is 5.97 Å². The summed E-state index contributed by atoms with van der Waals surface area (Å²) in [6.07, 6.45) is 1.37. The lowest BCUT2D eigenvalue weighted by atomic mass is 10.2. The largest absolute Gasteiger partial charge is 0.480 e. The number of hydrogen-bond donors (Lipinski definition) is 2. The Labute approximate surface area is 123 Å². The number of hydrogen-bond acceptors (Lipinski definition) is 4. The molecule has 21 heavy (non-hydrogen) atoms. The summed E-state index contributed by atoms with van der Waals surface area (Å²) in [5.41, 5.74) is 0.0918. The normalized spacial score (nSPS) is 10.4. The first-order chi connectivity index (χ1) is 9.97. The van der Waals surface area contributed by atoms with Crippen molar-refractivity contribution in [3.05, 3.63) is 46.5 Å². The van der Waals surface area contributed by atoms with Crippen LogP contribution < -0.4 is 5.32 Å².